The van der Waals surface area contributed by atoms with Crippen molar-refractivity contribution < 1.29 is 9.53 Å². The molecule has 0 spiro atoms. The van der Waals surface area contributed by atoms with Crippen LogP contribution in [-0.4, -0.2) is 19.1 Å². The monoisotopic (exact) mass is 183 g/mol. The number of carbonyl (C=O) groups excluding carboxylic acids is 1. The van der Waals surface area contributed by atoms with E-state index in [1.165, 1.54) is 32.4 Å². The van der Waals surface area contributed by atoms with E-state index >= 15 is 0 Å². The van der Waals surface area contributed by atoms with Crippen molar-refractivity contribution in [3.63, 3.8) is 0 Å². The third-order valence-corrected chi connectivity index (χ3v) is 2.19. The van der Waals surface area contributed by atoms with Gasteiger partial charge in [-0.1, -0.05) is 12.8 Å². The molecule has 0 aliphatic heterocycles. The average Bonchev–Trinajstić information content (AvgIpc) is 2.88. The van der Waals surface area contributed by atoms with E-state index in [0.717, 1.165) is 5.92 Å². The van der Waals surface area contributed by atoms with Gasteiger partial charge >= 0.3 is 5.97 Å². The first-order valence-electron chi connectivity index (χ1n) is 4.73. The predicted octanol–water partition coefficient (Wildman–Crippen LogP) is 1.45. The van der Waals surface area contributed by atoms with Crippen molar-refractivity contribution in [3.05, 3.63) is 12.3 Å². The van der Waals surface area contributed by atoms with E-state index in [1.807, 2.05) is 0 Å². The van der Waals surface area contributed by atoms with Gasteiger partial charge in [-0.25, -0.2) is 4.79 Å². The molecule has 1 fully saturated rings. The maximum atomic E-state index is 10.7. The summed E-state index contributed by atoms with van der Waals surface area (Å²) in [5, 5.41) is 3.14. The molecule has 0 aromatic rings. The summed E-state index contributed by atoms with van der Waals surface area (Å²) in [6.07, 6.45) is 7.01. The molecule has 74 valence electrons. The van der Waals surface area contributed by atoms with Gasteiger partial charge in [0.1, 0.15) is 0 Å². The van der Waals surface area contributed by atoms with Gasteiger partial charge in [0, 0.05) is 18.3 Å². The Kier molecular flexibility index (Phi) is 3.80. The van der Waals surface area contributed by atoms with Crippen LogP contribution in [0.15, 0.2) is 12.3 Å². The number of carbonyl (C=O) groups is 1. The zero-order chi connectivity index (χ0) is 9.68. The Morgan fingerprint density at radius 2 is 2.38 bits per heavy atom. The maximum Gasteiger partial charge on any atom is 0.331 e. The summed E-state index contributed by atoms with van der Waals surface area (Å²) in [6.45, 7) is 2.12. The standard InChI is InChI=1S/C10H17NO2/c1-8(7-9-3-4-9)11-6-5-10(12)13-2/h5-6,8-9,11H,3-4,7H2,1-2H3/b6-5+. The normalized spacial score (nSPS) is 18.6. The summed E-state index contributed by atoms with van der Waals surface area (Å²) in [5.74, 6) is 0.597. The molecule has 1 saturated carbocycles. The number of hydrogen-bond donors (Lipinski definition) is 1. The van der Waals surface area contributed by atoms with Crippen LogP contribution in [0, 0.1) is 5.92 Å². The van der Waals surface area contributed by atoms with Crippen molar-refractivity contribution in [3.8, 4) is 0 Å². The van der Waals surface area contributed by atoms with Crippen LogP contribution in [0.1, 0.15) is 26.2 Å². The fraction of sp³-hybridized carbons (Fsp3) is 0.700. The Bertz CT molecular complexity index is 197. The number of methoxy groups -OCH3 is 1. The molecule has 13 heavy (non-hydrogen) atoms. The zero-order valence-corrected chi connectivity index (χ0v) is 8.25. The fourth-order valence-electron chi connectivity index (χ4n) is 1.27. The third kappa shape index (κ3) is 4.55. The van der Waals surface area contributed by atoms with Gasteiger partial charge in [0.15, 0.2) is 0 Å². The molecule has 0 saturated heterocycles. The lowest BCUT2D eigenvalue weighted by Gasteiger charge is -2.09. The van der Waals surface area contributed by atoms with Crippen LogP contribution in [0.4, 0.5) is 0 Å². The van der Waals surface area contributed by atoms with Gasteiger partial charge in [-0.3, -0.25) is 0 Å². The highest BCUT2D eigenvalue weighted by Crippen LogP contribution is 2.33. The van der Waals surface area contributed by atoms with Crippen molar-refractivity contribution >= 4 is 5.97 Å². The molecule has 0 radical (unpaired) electrons. The lowest BCUT2D eigenvalue weighted by atomic mass is 10.2. The Hall–Kier alpha value is -0.990. The van der Waals surface area contributed by atoms with Gasteiger partial charge in [-0.2, -0.15) is 0 Å². The first-order chi connectivity index (χ1) is 6.22. The number of nitrogens with one attached hydrogen (secondary N) is 1. The Labute approximate surface area is 79.2 Å². The van der Waals surface area contributed by atoms with E-state index in [2.05, 4.69) is 17.0 Å². The molecule has 1 N–H and O–H groups in total. The second kappa shape index (κ2) is 4.90. The van der Waals surface area contributed by atoms with Crippen LogP contribution in [0.2, 0.25) is 0 Å². The van der Waals surface area contributed by atoms with Gasteiger partial charge < -0.3 is 10.1 Å². The molecule has 3 heteroatoms. The minimum atomic E-state index is -0.314. The average molecular weight is 183 g/mol. The third-order valence-electron chi connectivity index (χ3n) is 2.19. The highest BCUT2D eigenvalue weighted by Gasteiger charge is 2.22. The van der Waals surface area contributed by atoms with Gasteiger partial charge in [-0.15, -0.1) is 0 Å². The summed E-state index contributed by atoms with van der Waals surface area (Å²) in [7, 11) is 1.38. The first kappa shape index (κ1) is 10.1. The summed E-state index contributed by atoms with van der Waals surface area (Å²) < 4.78 is 4.46. The van der Waals surface area contributed by atoms with E-state index in [0.29, 0.717) is 6.04 Å². The second-order valence-corrected chi connectivity index (χ2v) is 3.60. The van der Waals surface area contributed by atoms with Crippen molar-refractivity contribution in [1.82, 2.24) is 5.32 Å². The molecule has 0 amide bonds. The van der Waals surface area contributed by atoms with Crippen molar-refractivity contribution in [1.29, 1.82) is 0 Å². The molecule has 1 unspecified atom stereocenters. The van der Waals surface area contributed by atoms with Crippen LogP contribution in [0.5, 0.6) is 0 Å². The maximum absolute atomic E-state index is 10.7. The van der Waals surface area contributed by atoms with E-state index in [1.54, 1.807) is 6.20 Å². The summed E-state index contributed by atoms with van der Waals surface area (Å²) in [5.41, 5.74) is 0. The van der Waals surface area contributed by atoms with Gasteiger partial charge in [0.2, 0.25) is 0 Å². The summed E-state index contributed by atoms with van der Waals surface area (Å²) in [6, 6.07) is 0.452. The van der Waals surface area contributed by atoms with Crippen LogP contribution in [-0.2, 0) is 9.53 Å². The molecule has 0 aromatic heterocycles. The SMILES string of the molecule is COC(=O)/C=C/NC(C)CC1CC1. The topological polar surface area (TPSA) is 38.3 Å². The molecule has 0 bridgehead atoms. The Morgan fingerprint density at radius 3 is 2.92 bits per heavy atom. The van der Waals surface area contributed by atoms with E-state index in [9.17, 15) is 4.79 Å². The number of ether oxygens (including phenoxy) is 1. The predicted molar refractivity (Wildman–Crippen MR) is 51.1 cm³/mol. The van der Waals surface area contributed by atoms with Crippen LogP contribution >= 0.6 is 0 Å². The molecule has 1 rings (SSSR count). The Balaban J connectivity index is 2.08. The van der Waals surface area contributed by atoms with Crippen LogP contribution in [0.3, 0.4) is 0 Å². The highest BCUT2D eigenvalue weighted by molar-refractivity contribution is 5.81. The van der Waals surface area contributed by atoms with Crippen LogP contribution < -0.4 is 5.32 Å². The van der Waals surface area contributed by atoms with Crippen molar-refractivity contribution in [2.45, 2.75) is 32.2 Å². The summed E-state index contributed by atoms with van der Waals surface area (Å²) in [4.78, 5) is 10.7. The van der Waals surface area contributed by atoms with Gasteiger partial charge in [-0.05, 0) is 19.3 Å². The first-order valence-corrected chi connectivity index (χ1v) is 4.73. The lowest BCUT2D eigenvalue weighted by Crippen LogP contribution is -2.21. The van der Waals surface area contributed by atoms with Crippen molar-refractivity contribution in [2.24, 2.45) is 5.92 Å². The van der Waals surface area contributed by atoms with E-state index < -0.39 is 0 Å². The summed E-state index contributed by atoms with van der Waals surface area (Å²) >= 11 is 0. The molecule has 1 aliphatic carbocycles. The Morgan fingerprint density at radius 1 is 1.69 bits per heavy atom. The second-order valence-electron chi connectivity index (χ2n) is 3.60. The lowest BCUT2D eigenvalue weighted by molar-refractivity contribution is -0.134. The molecule has 0 aromatic carbocycles. The minimum Gasteiger partial charge on any atom is -0.466 e. The van der Waals surface area contributed by atoms with E-state index in [4.69, 9.17) is 0 Å². The molecular weight excluding hydrogens is 166 g/mol. The number of rotatable bonds is 5. The molecular formula is C10H17NO2. The highest BCUT2D eigenvalue weighted by atomic mass is 16.5. The largest absolute Gasteiger partial charge is 0.466 e. The minimum absolute atomic E-state index is 0.314. The fourth-order valence-corrected chi connectivity index (χ4v) is 1.27. The quantitative estimate of drug-likeness (QED) is 0.518. The molecule has 1 atom stereocenters. The zero-order valence-electron chi connectivity index (χ0n) is 8.25. The number of esters is 1. The van der Waals surface area contributed by atoms with E-state index in [-0.39, 0.29) is 5.97 Å². The molecule has 0 heterocycles. The molecule has 3 nitrogen and oxygen atoms in total. The molecule has 1 aliphatic rings. The number of hydrogen-bond acceptors (Lipinski definition) is 3. The van der Waals surface area contributed by atoms with Gasteiger partial charge in [0.25, 0.3) is 0 Å². The smallest absolute Gasteiger partial charge is 0.331 e. The van der Waals surface area contributed by atoms with Crippen molar-refractivity contribution in [2.75, 3.05) is 7.11 Å². The van der Waals surface area contributed by atoms with Gasteiger partial charge in [0.05, 0.1) is 7.11 Å². The van der Waals surface area contributed by atoms with Crippen LogP contribution in [0.25, 0.3) is 0 Å².